The van der Waals surface area contributed by atoms with Gasteiger partial charge in [-0.05, 0) is 73.8 Å². The fraction of sp³-hybridized carbons (Fsp3) is 0.409. The van der Waals surface area contributed by atoms with Crippen LogP contribution >= 0.6 is 15.9 Å². The van der Waals surface area contributed by atoms with Crippen LogP contribution in [0.3, 0.4) is 0 Å². The molecule has 2 aromatic carbocycles. The molecule has 2 aromatic rings. The number of halogens is 1. The molecule has 5 heteroatoms. The van der Waals surface area contributed by atoms with Gasteiger partial charge in [-0.15, -0.1) is 0 Å². The topological polar surface area (TPSA) is 50.4 Å². The predicted molar refractivity (Wildman–Crippen MR) is 113 cm³/mol. The van der Waals surface area contributed by atoms with Crippen LogP contribution < -0.4 is 15.4 Å². The molecule has 2 amide bonds. The van der Waals surface area contributed by atoms with Crippen LogP contribution in [0, 0.1) is 0 Å². The molecule has 2 aliphatic carbocycles. The summed E-state index contributed by atoms with van der Waals surface area (Å²) in [6.07, 6.45) is 5.84. The van der Waals surface area contributed by atoms with Crippen molar-refractivity contribution in [2.75, 3.05) is 17.2 Å². The Balaban J connectivity index is 1.49. The standard InChI is InChI=1S/C22H25BrN2O2/c1-2-11-27-21-19(16-5-6-16)12-17(23)13-20(21)25-22(26)24-18-9-7-15(8-10-18)14-3-4-14/h7-10,12-14,16H,2-6,11H2,1H3,(H2,24,25,26). The minimum atomic E-state index is -0.254. The van der Waals surface area contributed by atoms with Gasteiger partial charge < -0.3 is 15.4 Å². The Morgan fingerprint density at radius 3 is 2.41 bits per heavy atom. The molecule has 2 saturated carbocycles. The van der Waals surface area contributed by atoms with Crippen molar-refractivity contribution in [1.82, 2.24) is 0 Å². The Bertz CT molecular complexity index is 827. The molecule has 0 unspecified atom stereocenters. The number of carbonyl (C=O) groups excluding carboxylic acids is 1. The Morgan fingerprint density at radius 1 is 1.07 bits per heavy atom. The molecule has 2 fully saturated rings. The van der Waals surface area contributed by atoms with E-state index in [9.17, 15) is 4.79 Å². The van der Waals surface area contributed by atoms with E-state index in [1.54, 1.807) is 0 Å². The van der Waals surface area contributed by atoms with E-state index < -0.39 is 0 Å². The van der Waals surface area contributed by atoms with Crippen LogP contribution in [-0.2, 0) is 0 Å². The largest absolute Gasteiger partial charge is 0.491 e. The number of urea groups is 1. The quantitative estimate of drug-likeness (QED) is 0.519. The van der Waals surface area contributed by atoms with Crippen LogP contribution in [0.1, 0.15) is 62.0 Å². The first kappa shape index (κ1) is 18.4. The SMILES string of the molecule is CCCOc1c(NC(=O)Nc2ccc(C3CC3)cc2)cc(Br)cc1C1CC1. The average molecular weight is 429 g/mol. The number of hydrogen-bond donors (Lipinski definition) is 2. The zero-order chi connectivity index (χ0) is 18.8. The normalized spacial score (nSPS) is 16.1. The van der Waals surface area contributed by atoms with E-state index in [0.29, 0.717) is 24.1 Å². The maximum absolute atomic E-state index is 12.6. The Kier molecular flexibility index (Phi) is 5.39. The van der Waals surface area contributed by atoms with Crippen molar-refractivity contribution in [2.45, 2.75) is 50.9 Å². The highest BCUT2D eigenvalue weighted by atomic mass is 79.9. The molecule has 0 bridgehead atoms. The Hall–Kier alpha value is -2.01. The molecule has 0 heterocycles. The fourth-order valence-corrected chi connectivity index (χ4v) is 3.79. The summed E-state index contributed by atoms with van der Waals surface area (Å²) in [4.78, 5) is 12.6. The lowest BCUT2D eigenvalue weighted by atomic mass is 10.1. The Labute approximate surface area is 168 Å². The summed E-state index contributed by atoms with van der Waals surface area (Å²) >= 11 is 3.57. The molecule has 2 aliphatic rings. The van der Waals surface area contributed by atoms with E-state index in [2.05, 4.69) is 51.7 Å². The Morgan fingerprint density at radius 2 is 1.78 bits per heavy atom. The van der Waals surface area contributed by atoms with Gasteiger partial charge in [0.15, 0.2) is 0 Å². The molecule has 0 saturated heterocycles. The van der Waals surface area contributed by atoms with E-state index in [4.69, 9.17) is 4.74 Å². The maximum Gasteiger partial charge on any atom is 0.323 e. The molecule has 27 heavy (non-hydrogen) atoms. The highest BCUT2D eigenvalue weighted by Crippen LogP contribution is 2.48. The van der Waals surface area contributed by atoms with Gasteiger partial charge in [0.1, 0.15) is 5.75 Å². The van der Waals surface area contributed by atoms with Crippen LogP contribution in [0.2, 0.25) is 0 Å². The minimum absolute atomic E-state index is 0.254. The number of anilines is 2. The van der Waals surface area contributed by atoms with E-state index in [1.807, 2.05) is 18.2 Å². The number of ether oxygens (including phenoxy) is 1. The third-order valence-electron chi connectivity index (χ3n) is 5.02. The highest BCUT2D eigenvalue weighted by Gasteiger charge is 2.29. The lowest BCUT2D eigenvalue weighted by Gasteiger charge is -2.17. The molecule has 2 N–H and O–H groups in total. The molecule has 0 aliphatic heterocycles. The predicted octanol–water partition coefficient (Wildman–Crippen LogP) is 6.64. The number of nitrogens with one attached hydrogen (secondary N) is 2. The zero-order valence-electron chi connectivity index (χ0n) is 15.6. The second kappa shape index (κ2) is 7.93. The number of carbonyl (C=O) groups is 1. The molecule has 0 radical (unpaired) electrons. The molecule has 4 nitrogen and oxygen atoms in total. The molecule has 142 valence electrons. The van der Waals surface area contributed by atoms with Gasteiger partial charge in [0.05, 0.1) is 12.3 Å². The maximum atomic E-state index is 12.6. The van der Waals surface area contributed by atoms with Crippen LogP contribution in [-0.4, -0.2) is 12.6 Å². The average Bonchev–Trinajstić information content (AvgIpc) is 3.54. The number of rotatable bonds is 7. The van der Waals surface area contributed by atoms with Gasteiger partial charge >= 0.3 is 6.03 Å². The third kappa shape index (κ3) is 4.64. The fourth-order valence-electron chi connectivity index (χ4n) is 3.31. The van der Waals surface area contributed by atoms with Crippen molar-refractivity contribution in [2.24, 2.45) is 0 Å². The van der Waals surface area contributed by atoms with E-state index in [0.717, 1.165) is 22.3 Å². The zero-order valence-corrected chi connectivity index (χ0v) is 17.1. The second-order valence-electron chi connectivity index (χ2n) is 7.47. The second-order valence-corrected chi connectivity index (χ2v) is 8.39. The van der Waals surface area contributed by atoms with E-state index in [1.165, 1.54) is 36.8 Å². The van der Waals surface area contributed by atoms with E-state index >= 15 is 0 Å². The van der Waals surface area contributed by atoms with Gasteiger partial charge in [-0.3, -0.25) is 0 Å². The van der Waals surface area contributed by atoms with Gasteiger partial charge in [0.2, 0.25) is 0 Å². The lowest BCUT2D eigenvalue weighted by Crippen LogP contribution is -2.20. The van der Waals surface area contributed by atoms with Gasteiger partial charge in [-0.25, -0.2) is 4.79 Å². The number of benzene rings is 2. The summed E-state index contributed by atoms with van der Waals surface area (Å²) in [5.41, 5.74) is 4.05. The summed E-state index contributed by atoms with van der Waals surface area (Å²) in [6, 6.07) is 11.9. The molecule has 0 aromatic heterocycles. The first-order valence-electron chi connectivity index (χ1n) is 9.78. The van der Waals surface area contributed by atoms with Crippen LogP contribution in [0.5, 0.6) is 5.75 Å². The monoisotopic (exact) mass is 428 g/mol. The van der Waals surface area contributed by atoms with Gasteiger partial charge in [-0.2, -0.15) is 0 Å². The minimum Gasteiger partial charge on any atom is -0.491 e. The third-order valence-corrected chi connectivity index (χ3v) is 5.47. The summed E-state index contributed by atoms with van der Waals surface area (Å²) in [5, 5.41) is 5.90. The summed E-state index contributed by atoms with van der Waals surface area (Å²) in [7, 11) is 0. The van der Waals surface area contributed by atoms with Crippen LogP contribution in [0.4, 0.5) is 16.2 Å². The highest BCUT2D eigenvalue weighted by molar-refractivity contribution is 9.10. The van der Waals surface area contributed by atoms with Crippen molar-refractivity contribution in [3.63, 3.8) is 0 Å². The van der Waals surface area contributed by atoms with Crippen molar-refractivity contribution in [1.29, 1.82) is 0 Å². The molecule has 0 spiro atoms. The smallest absolute Gasteiger partial charge is 0.323 e. The van der Waals surface area contributed by atoms with Crippen molar-refractivity contribution in [3.8, 4) is 5.75 Å². The summed E-state index contributed by atoms with van der Waals surface area (Å²) in [5.74, 6) is 2.06. The molecular weight excluding hydrogens is 404 g/mol. The summed E-state index contributed by atoms with van der Waals surface area (Å²) in [6.45, 7) is 2.72. The van der Waals surface area contributed by atoms with E-state index in [-0.39, 0.29) is 6.03 Å². The van der Waals surface area contributed by atoms with Gasteiger partial charge in [0, 0.05) is 15.7 Å². The lowest BCUT2D eigenvalue weighted by molar-refractivity contribution is 0.261. The van der Waals surface area contributed by atoms with Crippen molar-refractivity contribution >= 4 is 33.3 Å². The summed E-state index contributed by atoms with van der Waals surface area (Å²) < 4.78 is 6.97. The number of amides is 2. The molecule has 4 rings (SSSR count). The van der Waals surface area contributed by atoms with Crippen LogP contribution in [0.25, 0.3) is 0 Å². The molecular formula is C22H25BrN2O2. The first-order chi connectivity index (χ1) is 13.1. The molecule has 0 atom stereocenters. The van der Waals surface area contributed by atoms with Crippen molar-refractivity contribution < 1.29 is 9.53 Å². The number of hydrogen-bond acceptors (Lipinski definition) is 2. The first-order valence-corrected chi connectivity index (χ1v) is 10.6. The van der Waals surface area contributed by atoms with Crippen LogP contribution in [0.15, 0.2) is 40.9 Å². The van der Waals surface area contributed by atoms with Gasteiger partial charge in [-0.1, -0.05) is 35.0 Å². The van der Waals surface area contributed by atoms with Crippen molar-refractivity contribution in [3.05, 3.63) is 52.0 Å². The van der Waals surface area contributed by atoms with Gasteiger partial charge in [0.25, 0.3) is 0 Å².